The number of allylic oxidation sites excluding steroid dienone is 6. The van der Waals surface area contributed by atoms with Crippen molar-refractivity contribution in [2.45, 2.75) is 61.8 Å². The van der Waals surface area contributed by atoms with Crippen LogP contribution in [0.25, 0.3) is 0 Å². The molecule has 0 rings (SSSR count). The summed E-state index contributed by atoms with van der Waals surface area (Å²) in [6.45, 7) is 11.5. The summed E-state index contributed by atoms with van der Waals surface area (Å²) in [6, 6.07) is 0. The third kappa shape index (κ3) is 65.6. The van der Waals surface area contributed by atoms with Crippen LogP contribution in [-0.4, -0.2) is 35.7 Å². The van der Waals surface area contributed by atoms with Crippen molar-refractivity contribution in [2.24, 2.45) is 0 Å². The van der Waals surface area contributed by atoms with Crippen LogP contribution in [0, 0.1) is 0 Å². The minimum absolute atomic E-state index is 0. The van der Waals surface area contributed by atoms with Gasteiger partial charge in [0.25, 0.3) is 0 Å². The third-order valence-electron chi connectivity index (χ3n) is 1.92. The molecule has 0 aromatic rings. The normalized spacial score (nSPS) is 10.3. The summed E-state index contributed by atoms with van der Waals surface area (Å²) in [4.78, 5) is 50.6. The van der Waals surface area contributed by atoms with Crippen LogP contribution in [0.15, 0.2) is 35.5 Å². The van der Waals surface area contributed by atoms with Gasteiger partial charge in [-0.2, -0.15) is 0 Å². The Morgan fingerprint density at radius 1 is 0.645 bits per heavy atom. The molecule has 173 valence electrons. The number of hydrogen-bond donors (Lipinski definition) is 0. The van der Waals surface area contributed by atoms with Crippen LogP contribution in [0.1, 0.15) is 61.8 Å². The SMILES string of the molecule is CC(=O)/C=C(/C)[O-].CC(=O)/C=C(/C)[O-].CC(=O)/C=C(/C)[O-].CCOC(=O)CC(C)=O.[Zr+3]. The van der Waals surface area contributed by atoms with Crippen molar-refractivity contribution < 1.29 is 70.2 Å². The fourth-order valence-electron chi connectivity index (χ4n) is 1.27. The van der Waals surface area contributed by atoms with Crippen molar-refractivity contribution in [3.05, 3.63) is 35.5 Å². The largest absolute Gasteiger partial charge is 3.00 e. The molecule has 0 unspecified atom stereocenters. The number of carbonyl (C=O) groups is 5. The molecular formula is C21H31O9Zr. The first-order chi connectivity index (χ1) is 13.5. The first kappa shape index (κ1) is 39.2. The standard InChI is InChI=1S/C6H10O3.3C5H8O2.Zr/c1-3-9-6(8)4-5(2)7;3*1-4(6)3-5(2)7;/h3-4H2,1-2H3;3*3,6H,1-2H3;/q;;;;+3/p-3/b;3*4-3-;. The van der Waals surface area contributed by atoms with Gasteiger partial charge in [-0.15, -0.1) is 17.3 Å². The average molecular weight is 519 g/mol. The molecule has 10 heteroatoms. The van der Waals surface area contributed by atoms with Crippen LogP contribution >= 0.6 is 0 Å². The van der Waals surface area contributed by atoms with Crippen molar-refractivity contribution in [1.82, 2.24) is 0 Å². The molecule has 0 atom stereocenters. The molecular weight excluding hydrogens is 487 g/mol. The molecule has 0 saturated heterocycles. The Kier molecular flexibility index (Phi) is 32.5. The van der Waals surface area contributed by atoms with E-state index < -0.39 is 5.97 Å². The molecule has 1 radical (unpaired) electrons. The van der Waals surface area contributed by atoms with Gasteiger partial charge in [0, 0.05) is 0 Å². The molecule has 0 bridgehead atoms. The van der Waals surface area contributed by atoms with Crippen LogP contribution in [0.5, 0.6) is 0 Å². The zero-order valence-electron chi connectivity index (χ0n) is 19.3. The number of hydrogen-bond acceptors (Lipinski definition) is 9. The molecule has 0 fully saturated rings. The van der Waals surface area contributed by atoms with E-state index in [1.807, 2.05) is 0 Å². The quantitative estimate of drug-likeness (QED) is 0.204. The summed E-state index contributed by atoms with van der Waals surface area (Å²) < 4.78 is 4.49. The molecule has 0 heterocycles. The summed E-state index contributed by atoms with van der Waals surface area (Å²) in [5, 5.41) is 29.9. The number of rotatable bonds is 6. The van der Waals surface area contributed by atoms with Gasteiger partial charge in [-0.3, -0.25) is 24.0 Å². The van der Waals surface area contributed by atoms with E-state index in [1.54, 1.807) is 6.92 Å². The van der Waals surface area contributed by atoms with Crippen LogP contribution in [0.4, 0.5) is 0 Å². The summed E-state index contributed by atoms with van der Waals surface area (Å²) in [5.41, 5.74) is 0. The Morgan fingerprint density at radius 2 is 0.903 bits per heavy atom. The zero-order chi connectivity index (χ0) is 24.9. The molecule has 0 saturated carbocycles. The van der Waals surface area contributed by atoms with Gasteiger partial charge in [0.15, 0.2) is 17.3 Å². The molecule has 0 aliphatic heterocycles. The summed E-state index contributed by atoms with van der Waals surface area (Å²) in [5.74, 6) is -1.72. The average Bonchev–Trinajstić information content (AvgIpc) is 2.43. The maximum atomic E-state index is 10.4. The Hall–Kier alpha value is -2.35. The number of carbonyl (C=O) groups excluding carboxylic acids is 5. The van der Waals surface area contributed by atoms with E-state index in [0.717, 1.165) is 18.2 Å². The molecule has 0 N–H and O–H groups in total. The second kappa shape index (κ2) is 25.7. The molecule has 31 heavy (non-hydrogen) atoms. The van der Waals surface area contributed by atoms with Gasteiger partial charge in [0.2, 0.25) is 0 Å². The van der Waals surface area contributed by atoms with Gasteiger partial charge in [-0.25, -0.2) is 0 Å². The van der Waals surface area contributed by atoms with Crippen molar-refractivity contribution in [3.63, 3.8) is 0 Å². The Bertz CT molecular complexity index is 581. The maximum absolute atomic E-state index is 10.4. The zero-order valence-corrected chi connectivity index (χ0v) is 21.8. The molecule has 0 aliphatic carbocycles. The molecule has 0 spiro atoms. The summed E-state index contributed by atoms with van der Waals surface area (Å²) >= 11 is 0. The first-order valence-corrected chi connectivity index (χ1v) is 8.77. The minimum atomic E-state index is -0.440. The van der Waals surface area contributed by atoms with Gasteiger partial charge < -0.3 is 20.1 Å². The van der Waals surface area contributed by atoms with Crippen molar-refractivity contribution in [2.75, 3.05) is 6.61 Å². The van der Waals surface area contributed by atoms with E-state index in [0.29, 0.717) is 6.61 Å². The number of ketones is 4. The second-order valence-electron chi connectivity index (χ2n) is 5.78. The number of esters is 1. The molecule has 9 nitrogen and oxygen atoms in total. The monoisotopic (exact) mass is 517 g/mol. The van der Waals surface area contributed by atoms with Gasteiger partial charge in [0.1, 0.15) is 12.2 Å². The van der Waals surface area contributed by atoms with Crippen LogP contribution in [0.3, 0.4) is 0 Å². The fourth-order valence-corrected chi connectivity index (χ4v) is 1.27. The van der Waals surface area contributed by atoms with E-state index in [4.69, 9.17) is 0 Å². The van der Waals surface area contributed by atoms with E-state index >= 15 is 0 Å². The van der Waals surface area contributed by atoms with Gasteiger partial charge in [0.05, 0.1) is 6.61 Å². The van der Waals surface area contributed by atoms with Crippen LogP contribution in [-0.2, 0) is 54.9 Å². The second-order valence-corrected chi connectivity index (χ2v) is 5.78. The van der Waals surface area contributed by atoms with Crippen LogP contribution in [0.2, 0.25) is 0 Å². The van der Waals surface area contributed by atoms with E-state index in [9.17, 15) is 39.3 Å². The minimum Gasteiger partial charge on any atom is -0.876 e. The number of Topliss-reactive ketones (excluding diaryl/α,β-unsaturated/α-hetero) is 1. The summed E-state index contributed by atoms with van der Waals surface area (Å²) in [7, 11) is 0. The van der Waals surface area contributed by atoms with Gasteiger partial charge in [-0.05, 0) is 52.8 Å². The van der Waals surface area contributed by atoms with Crippen molar-refractivity contribution in [1.29, 1.82) is 0 Å². The Balaban J connectivity index is -0.0000000965. The van der Waals surface area contributed by atoms with E-state index in [2.05, 4.69) is 4.74 Å². The molecule has 0 aromatic heterocycles. The summed E-state index contributed by atoms with van der Waals surface area (Å²) in [6.07, 6.45) is 3.06. The number of ether oxygens (including phenoxy) is 1. The molecule has 0 aliphatic rings. The van der Waals surface area contributed by atoms with Crippen LogP contribution < -0.4 is 15.3 Å². The predicted molar refractivity (Wildman–Crippen MR) is 105 cm³/mol. The third-order valence-corrected chi connectivity index (χ3v) is 1.92. The first-order valence-electron chi connectivity index (χ1n) is 8.77. The Morgan fingerprint density at radius 3 is 1.00 bits per heavy atom. The predicted octanol–water partition coefficient (Wildman–Crippen LogP) is 0.0446. The van der Waals surface area contributed by atoms with Gasteiger partial charge in [-0.1, -0.05) is 20.8 Å². The Labute approximate surface area is 203 Å². The maximum Gasteiger partial charge on any atom is 3.00 e. The van der Waals surface area contributed by atoms with E-state index in [-0.39, 0.29) is 73.0 Å². The van der Waals surface area contributed by atoms with Gasteiger partial charge >= 0.3 is 32.2 Å². The molecule has 0 aromatic carbocycles. The molecule has 0 amide bonds. The topological polar surface area (TPSA) is 164 Å². The van der Waals surface area contributed by atoms with E-state index in [1.165, 1.54) is 48.5 Å². The van der Waals surface area contributed by atoms with Crippen molar-refractivity contribution >= 4 is 29.1 Å². The smallest absolute Gasteiger partial charge is 0.876 e. The fraction of sp³-hybridized carbons (Fsp3) is 0.476. The van der Waals surface area contributed by atoms with Crippen molar-refractivity contribution in [3.8, 4) is 0 Å².